The van der Waals surface area contributed by atoms with Gasteiger partial charge in [-0.1, -0.05) is 60.4 Å². The molecule has 1 N–H and O–H groups in total. The molecule has 2 aliphatic rings. The van der Waals surface area contributed by atoms with E-state index >= 15 is 0 Å². The second-order valence-electron chi connectivity index (χ2n) is 7.06. The molecule has 0 bridgehead atoms. The third-order valence-corrected chi connectivity index (χ3v) is 5.40. The number of aliphatic hydroxyl groups is 1. The number of piperazine rings is 1. The molecular weight excluding hydrogens is 379 g/mol. The molecule has 0 radical (unpaired) electrons. The van der Waals surface area contributed by atoms with Crippen LogP contribution in [-0.4, -0.2) is 54.7 Å². The van der Waals surface area contributed by atoms with E-state index in [4.69, 9.17) is 0 Å². The highest BCUT2D eigenvalue weighted by Crippen LogP contribution is 2.48. The number of likely N-dealkylation sites (N-methyl/N-ethyl adjacent to an activating group) is 1. The fraction of sp³-hybridized carbons (Fsp3) is 0.364. The average molecular weight is 405 g/mol. The van der Waals surface area contributed by atoms with Crippen LogP contribution in [0.25, 0.3) is 11.1 Å². The molecule has 1 aliphatic carbocycles. The van der Waals surface area contributed by atoms with E-state index in [1.165, 1.54) is 0 Å². The smallest absolute Gasteiger partial charge is 0.127 e. The van der Waals surface area contributed by atoms with Gasteiger partial charge < -0.3 is 10.0 Å². The van der Waals surface area contributed by atoms with Crippen LogP contribution in [0.15, 0.2) is 48.5 Å². The number of benzene rings is 2. The molecule has 0 unspecified atom stereocenters. The average Bonchev–Trinajstić information content (AvgIpc) is 2.91. The van der Waals surface area contributed by atoms with Crippen LogP contribution in [0.2, 0.25) is 0 Å². The third kappa shape index (κ3) is 4.16. The zero-order chi connectivity index (χ0) is 17.3. The van der Waals surface area contributed by atoms with Crippen molar-refractivity contribution in [3.63, 3.8) is 0 Å². The molecule has 0 spiro atoms. The van der Waals surface area contributed by atoms with Gasteiger partial charge in [-0.15, -0.1) is 24.8 Å². The summed E-state index contributed by atoms with van der Waals surface area (Å²) in [5, 5.41) is 11.4. The Labute approximate surface area is 174 Å². The molecule has 5 heteroatoms. The first kappa shape index (κ1) is 21.8. The van der Waals surface area contributed by atoms with Crippen LogP contribution in [0.1, 0.15) is 17.5 Å². The van der Waals surface area contributed by atoms with Crippen LogP contribution in [0, 0.1) is 11.8 Å². The van der Waals surface area contributed by atoms with Crippen molar-refractivity contribution in [1.82, 2.24) is 9.80 Å². The minimum absolute atomic E-state index is 0. The van der Waals surface area contributed by atoms with Gasteiger partial charge >= 0.3 is 0 Å². The number of rotatable bonds is 2. The predicted molar refractivity (Wildman–Crippen MR) is 116 cm³/mol. The zero-order valence-corrected chi connectivity index (χ0v) is 17.2. The normalized spacial score (nSPS) is 17.6. The van der Waals surface area contributed by atoms with Gasteiger partial charge in [0.2, 0.25) is 0 Å². The summed E-state index contributed by atoms with van der Waals surface area (Å²) in [5.74, 6) is 6.53. The van der Waals surface area contributed by atoms with Gasteiger partial charge in [0.15, 0.2) is 0 Å². The van der Waals surface area contributed by atoms with Crippen LogP contribution in [0.4, 0.5) is 0 Å². The summed E-state index contributed by atoms with van der Waals surface area (Å²) < 4.78 is 0. The van der Waals surface area contributed by atoms with E-state index in [1.54, 1.807) is 0 Å². The van der Waals surface area contributed by atoms with E-state index in [9.17, 15) is 5.11 Å². The maximum absolute atomic E-state index is 11.4. The topological polar surface area (TPSA) is 26.7 Å². The van der Waals surface area contributed by atoms with Gasteiger partial charge in [-0.05, 0) is 29.3 Å². The van der Waals surface area contributed by atoms with E-state index in [-0.39, 0.29) is 24.8 Å². The lowest BCUT2D eigenvalue weighted by Gasteiger charge is -2.30. The van der Waals surface area contributed by atoms with E-state index in [1.807, 2.05) is 36.4 Å². The van der Waals surface area contributed by atoms with Crippen molar-refractivity contribution >= 4 is 24.8 Å². The van der Waals surface area contributed by atoms with Crippen molar-refractivity contribution in [3.05, 3.63) is 59.7 Å². The Morgan fingerprint density at radius 3 is 1.93 bits per heavy atom. The maximum Gasteiger partial charge on any atom is 0.127 e. The summed E-state index contributed by atoms with van der Waals surface area (Å²) >= 11 is 0. The highest BCUT2D eigenvalue weighted by molar-refractivity contribution is 5.85. The standard InChI is InChI=1S/C22H24N2O.2ClH/c1-23-14-16-24(17-15-23)13-7-6-12-22(25)20-10-4-2-8-18(20)19-9-3-5-11-21(19)22;;/h2-5,8-11,25H,12-17H2,1H3;2*1H. The van der Waals surface area contributed by atoms with E-state index < -0.39 is 5.60 Å². The molecule has 27 heavy (non-hydrogen) atoms. The summed E-state index contributed by atoms with van der Waals surface area (Å²) in [5.41, 5.74) is 3.21. The van der Waals surface area contributed by atoms with Gasteiger partial charge in [0.25, 0.3) is 0 Å². The quantitative estimate of drug-likeness (QED) is 0.777. The van der Waals surface area contributed by atoms with Gasteiger partial charge in [0, 0.05) is 32.6 Å². The Hall–Kier alpha value is -1.54. The lowest BCUT2D eigenvalue weighted by atomic mass is 9.88. The molecule has 3 nitrogen and oxygen atoms in total. The molecule has 144 valence electrons. The molecule has 0 saturated carbocycles. The predicted octanol–water partition coefficient (Wildman–Crippen LogP) is 3.39. The number of hydrogen-bond donors (Lipinski definition) is 1. The molecule has 0 aromatic heterocycles. The summed E-state index contributed by atoms with van der Waals surface area (Å²) in [6, 6.07) is 16.3. The first-order valence-electron chi connectivity index (χ1n) is 8.97. The molecule has 1 saturated heterocycles. The Morgan fingerprint density at radius 2 is 1.37 bits per heavy atom. The number of hydrogen-bond acceptors (Lipinski definition) is 3. The number of halogens is 2. The third-order valence-electron chi connectivity index (χ3n) is 5.40. The van der Waals surface area contributed by atoms with Crippen LogP contribution in [0.3, 0.4) is 0 Å². The van der Waals surface area contributed by atoms with Crippen molar-refractivity contribution in [2.75, 3.05) is 39.8 Å². The van der Waals surface area contributed by atoms with Crippen molar-refractivity contribution < 1.29 is 5.11 Å². The van der Waals surface area contributed by atoms with Crippen LogP contribution >= 0.6 is 24.8 Å². The Morgan fingerprint density at radius 1 is 0.852 bits per heavy atom. The number of fused-ring (bicyclic) bond motifs is 3. The van der Waals surface area contributed by atoms with Gasteiger partial charge in [-0.2, -0.15) is 0 Å². The van der Waals surface area contributed by atoms with Crippen LogP contribution in [0.5, 0.6) is 0 Å². The molecule has 1 fully saturated rings. The monoisotopic (exact) mass is 404 g/mol. The van der Waals surface area contributed by atoms with Crippen molar-refractivity contribution in [1.29, 1.82) is 0 Å². The zero-order valence-electron chi connectivity index (χ0n) is 15.5. The molecule has 2 aromatic carbocycles. The van der Waals surface area contributed by atoms with Gasteiger partial charge in [0.05, 0.1) is 6.54 Å². The van der Waals surface area contributed by atoms with Crippen molar-refractivity contribution in [2.45, 2.75) is 12.0 Å². The first-order valence-corrected chi connectivity index (χ1v) is 8.97. The largest absolute Gasteiger partial charge is 0.379 e. The van der Waals surface area contributed by atoms with Crippen LogP contribution < -0.4 is 0 Å². The molecule has 4 rings (SSSR count). The maximum atomic E-state index is 11.4. The van der Waals surface area contributed by atoms with E-state index in [2.05, 4.69) is 40.8 Å². The number of nitrogens with zero attached hydrogens (tertiary/aromatic N) is 2. The second-order valence-corrected chi connectivity index (χ2v) is 7.06. The van der Waals surface area contributed by atoms with Crippen LogP contribution in [-0.2, 0) is 5.60 Å². The fourth-order valence-electron chi connectivity index (χ4n) is 3.86. The fourth-order valence-corrected chi connectivity index (χ4v) is 3.86. The van der Waals surface area contributed by atoms with Crippen molar-refractivity contribution in [2.24, 2.45) is 0 Å². The van der Waals surface area contributed by atoms with Gasteiger partial charge in [-0.3, -0.25) is 4.90 Å². The summed E-state index contributed by atoms with van der Waals surface area (Å²) in [4.78, 5) is 4.73. The van der Waals surface area contributed by atoms with E-state index in [0.717, 1.165) is 55.0 Å². The lowest BCUT2D eigenvalue weighted by Crippen LogP contribution is -2.44. The van der Waals surface area contributed by atoms with Crippen molar-refractivity contribution in [3.8, 4) is 23.0 Å². The molecule has 0 amide bonds. The molecule has 2 aromatic rings. The molecule has 0 atom stereocenters. The summed E-state index contributed by atoms with van der Waals surface area (Å²) in [6.07, 6.45) is 0.439. The van der Waals surface area contributed by atoms with Gasteiger partial charge in [-0.25, -0.2) is 0 Å². The highest BCUT2D eigenvalue weighted by atomic mass is 35.5. The lowest BCUT2D eigenvalue weighted by molar-refractivity contribution is 0.0914. The summed E-state index contributed by atoms with van der Waals surface area (Å²) in [7, 11) is 2.16. The Bertz CT molecular complexity index is 790. The minimum Gasteiger partial charge on any atom is -0.379 e. The molecule has 1 aliphatic heterocycles. The SMILES string of the molecule is CN1CCN(CC#CCC2(O)c3ccccc3-c3ccccc32)CC1.Cl.Cl. The first-order chi connectivity index (χ1) is 12.2. The summed E-state index contributed by atoms with van der Waals surface area (Å²) in [6.45, 7) is 5.13. The minimum atomic E-state index is -0.998. The highest BCUT2D eigenvalue weighted by Gasteiger charge is 2.40. The van der Waals surface area contributed by atoms with E-state index in [0.29, 0.717) is 6.42 Å². The second kappa shape index (κ2) is 9.10. The molecular formula is C22H26Cl2N2O. The molecule has 1 heterocycles. The Kier molecular flexibility index (Phi) is 7.33. The van der Waals surface area contributed by atoms with Gasteiger partial charge in [0.1, 0.15) is 5.60 Å². The Balaban J connectivity index is 0.00000131.